The Balaban J connectivity index is 0.00000180. The fourth-order valence-electron chi connectivity index (χ4n) is 2.47. The van der Waals surface area contributed by atoms with E-state index in [1.54, 1.807) is 7.11 Å². The molecule has 6 heteroatoms. The van der Waals surface area contributed by atoms with Gasteiger partial charge in [0.25, 0.3) is 0 Å². The van der Waals surface area contributed by atoms with Crippen molar-refractivity contribution in [2.45, 2.75) is 18.9 Å². The molecule has 1 aliphatic rings. The van der Waals surface area contributed by atoms with Gasteiger partial charge in [-0.05, 0) is 31.0 Å². The molecular formula is C13H18BrClN2O2. The first kappa shape index (κ1) is 16.3. The molecule has 0 spiro atoms. The van der Waals surface area contributed by atoms with Gasteiger partial charge in [-0.15, -0.1) is 12.4 Å². The van der Waals surface area contributed by atoms with Crippen molar-refractivity contribution in [1.29, 1.82) is 0 Å². The third-order valence-electron chi connectivity index (χ3n) is 3.30. The van der Waals surface area contributed by atoms with Gasteiger partial charge in [0.1, 0.15) is 5.75 Å². The Morgan fingerprint density at radius 1 is 1.58 bits per heavy atom. The molecule has 1 aromatic carbocycles. The zero-order valence-corrected chi connectivity index (χ0v) is 13.2. The van der Waals surface area contributed by atoms with Crippen molar-refractivity contribution in [2.75, 3.05) is 20.2 Å². The van der Waals surface area contributed by atoms with E-state index in [1.807, 2.05) is 23.1 Å². The van der Waals surface area contributed by atoms with Crippen LogP contribution in [0.25, 0.3) is 0 Å². The fraction of sp³-hybridized carbons (Fsp3) is 0.462. The van der Waals surface area contributed by atoms with Gasteiger partial charge >= 0.3 is 0 Å². The SMILES string of the molecule is COc1ccc(Br)cc1C1CCCN1C(=O)CN.Cl. The van der Waals surface area contributed by atoms with Gasteiger partial charge in [-0.3, -0.25) is 4.79 Å². The van der Waals surface area contributed by atoms with Gasteiger partial charge in [0.05, 0.1) is 19.7 Å². The maximum absolute atomic E-state index is 11.8. The number of carbonyl (C=O) groups excluding carboxylic acids is 1. The third-order valence-corrected chi connectivity index (χ3v) is 3.79. The van der Waals surface area contributed by atoms with Crippen LogP contribution in [-0.4, -0.2) is 31.0 Å². The summed E-state index contributed by atoms with van der Waals surface area (Å²) in [6.07, 6.45) is 1.96. The van der Waals surface area contributed by atoms with Crippen LogP contribution in [0.5, 0.6) is 5.75 Å². The molecule has 0 bridgehead atoms. The lowest BCUT2D eigenvalue weighted by Crippen LogP contribution is -2.35. The molecule has 0 aromatic heterocycles. The molecule has 1 saturated heterocycles. The Bertz CT molecular complexity index is 456. The van der Waals surface area contributed by atoms with Gasteiger partial charge in [0, 0.05) is 16.6 Å². The van der Waals surface area contributed by atoms with Crippen molar-refractivity contribution < 1.29 is 9.53 Å². The molecule has 1 aliphatic heterocycles. The third kappa shape index (κ3) is 3.41. The summed E-state index contributed by atoms with van der Waals surface area (Å²) in [5.41, 5.74) is 6.51. The number of rotatable bonds is 3. The van der Waals surface area contributed by atoms with Crippen molar-refractivity contribution >= 4 is 34.2 Å². The van der Waals surface area contributed by atoms with Crippen LogP contribution >= 0.6 is 28.3 Å². The molecule has 2 N–H and O–H groups in total. The Kier molecular flexibility index (Phi) is 6.10. The van der Waals surface area contributed by atoms with Crippen LogP contribution in [0, 0.1) is 0 Å². The van der Waals surface area contributed by atoms with Gasteiger partial charge in [-0.2, -0.15) is 0 Å². The first-order valence-electron chi connectivity index (χ1n) is 6.00. The number of carbonyl (C=O) groups is 1. The van der Waals surface area contributed by atoms with Crippen LogP contribution in [0.4, 0.5) is 0 Å². The molecule has 1 amide bonds. The van der Waals surface area contributed by atoms with Crippen molar-refractivity contribution in [3.05, 3.63) is 28.2 Å². The molecule has 1 atom stereocenters. The largest absolute Gasteiger partial charge is 0.496 e. The van der Waals surface area contributed by atoms with E-state index in [1.165, 1.54) is 0 Å². The first-order valence-corrected chi connectivity index (χ1v) is 6.79. The van der Waals surface area contributed by atoms with Crippen LogP contribution in [0.2, 0.25) is 0 Å². The van der Waals surface area contributed by atoms with Crippen LogP contribution in [0.3, 0.4) is 0 Å². The number of benzene rings is 1. The zero-order valence-electron chi connectivity index (χ0n) is 10.8. The Hall–Kier alpha value is -0.780. The van der Waals surface area contributed by atoms with E-state index >= 15 is 0 Å². The first-order chi connectivity index (χ1) is 8.67. The summed E-state index contributed by atoms with van der Waals surface area (Å²) in [4.78, 5) is 13.7. The predicted molar refractivity (Wildman–Crippen MR) is 80.7 cm³/mol. The molecule has 1 heterocycles. The molecule has 1 fully saturated rings. The summed E-state index contributed by atoms with van der Waals surface area (Å²) in [6.45, 7) is 0.836. The summed E-state index contributed by atoms with van der Waals surface area (Å²) in [7, 11) is 1.65. The Morgan fingerprint density at radius 2 is 2.32 bits per heavy atom. The van der Waals surface area contributed by atoms with E-state index in [-0.39, 0.29) is 30.9 Å². The molecule has 0 saturated carbocycles. The Morgan fingerprint density at radius 3 is 2.95 bits per heavy atom. The van der Waals surface area contributed by atoms with Crippen LogP contribution < -0.4 is 10.5 Å². The van der Waals surface area contributed by atoms with Crippen molar-refractivity contribution in [1.82, 2.24) is 4.90 Å². The number of hydrogen-bond donors (Lipinski definition) is 1. The topological polar surface area (TPSA) is 55.6 Å². The van der Waals surface area contributed by atoms with Gasteiger partial charge in [-0.1, -0.05) is 15.9 Å². The maximum atomic E-state index is 11.8. The maximum Gasteiger partial charge on any atom is 0.236 e. The lowest BCUT2D eigenvalue weighted by atomic mass is 10.0. The number of methoxy groups -OCH3 is 1. The van der Waals surface area contributed by atoms with E-state index in [9.17, 15) is 4.79 Å². The summed E-state index contributed by atoms with van der Waals surface area (Å²) in [5, 5.41) is 0. The molecule has 1 unspecified atom stereocenters. The highest BCUT2D eigenvalue weighted by atomic mass is 79.9. The van der Waals surface area contributed by atoms with E-state index in [0.717, 1.165) is 35.2 Å². The quantitative estimate of drug-likeness (QED) is 0.912. The smallest absolute Gasteiger partial charge is 0.236 e. The molecule has 1 aromatic rings. The number of likely N-dealkylation sites (tertiary alicyclic amines) is 1. The number of nitrogens with zero attached hydrogens (tertiary/aromatic N) is 1. The minimum absolute atomic E-state index is 0. The highest BCUT2D eigenvalue weighted by Crippen LogP contribution is 2.38. The Labute approximate surface area is 127 Å². The summed E-state index contributed by atoms with van der Waals surface area (Å²) in [6, 6.07) is 5.95. The monoisotopic (exact) mass is 348 g/mol. The van der Waals surface area contributed by atoms with Gasteiger partial charge in [0.2, 0.25) is 5.91 Å². The van der Waals surface area contributed by atoms with E-state index in [4.69, 9.17) is 10.5 Å². The second-order valence-corrected chi connectivity index (χ2v) is 5.25. The predicted octanol–water partition coefficient (Wildman–Crippen LogP) is 2.50. The molecule has 4 nitrogen and oxygen atoms in total. The molecule has 0 aliphatic carbocycles. The fourth-order valence-corrected chi connectivity index (χ4v) is 2.85. The summed E-state index contributed by atoms with van der Waals surface area (Å²) in [5.74, 6) is 0.819. The van der Waals surface area contributed by atoms with E-state index in [0.29, 0.717) is 0 Å². The molecule has 106 valence electrons. The second kappa shape index (κ2) is 7.12. The van der Waals surface area contributed by atoms with Crippen LogP contribution in [-0.2, 0) is 4.79 Å². The standard InChI is InChI=1S/C13H17BrN2O2.ClH/c1-18-12-5-4-9(14)7-10(12)11-3-2-6-16(11)13(17)8-15;/h4-5,7,11H,2-3,6,8,15H2,1H3;1H. The summed E-state index contributed by atoms with van der Waals surface area (Å²) >= 11 is 3.46. The highest BCUT2D eigenvalue weighted by Gasteiger charge is 2.31. The number of halogens is 2. The number of nitrogens with two attached hydrogens (primary N) is 1. The van der Waals surface area contributed by atoms with Crippen molar-refractivity contribution in [2.24, 2.45) is 5.73 Å². The van der Waals surface area contributed by atoms with Gasteiger partial charge < -0.3 is 15.4 Å². The molecule has 19 heavy (non-hydrogen) atoms. The average Bonchev–Trinajstić information content (AvgIpc) is 2.86. The second-order valence-electron chi connectivity index (χ2n) is 4.34. The van der Waals surface area contributed by atoms with E-state index < -0.39 is 0 Å². The lowest BCUT2D eigenvalue weighted by Gasteiger charge is -2.26. The molecule has 2 rings (SSSR count). The van der Waals surface area contributed by atoms with Crippen molar-refractivity contribution in [3.8, 4) is 5.75 Å². The minimum atomic E-state index is -0.000437. The number of hydrogen-bond acceptors (Lipinski definition) is 3. The van der Waals surface area contributed by atoms with Crippen LogP contribution in [0.1, 0.15) is 24.4 Å². The zero-order chi connectivity index (χ0) is 13.1. The molecule has 0 radical (unpaired) electrons. The number of ether oxygens (including phenoxy) is 1. The van der Waals surface area contributed by atoms with E-state index in [2.05, 4.69) is 15.9 Å². The number of amides is 1. The van der Waals surface area contributed by atoms with Crippen molar-refractivity contribution in [3.63, 3.8) is 0 Å². The summed E-state index contributed by atoms with van der Waals surface area (Å²) < 4.78 is 6.38. The average molecular weight is 350 g/mol. The highest BCUT2D eigenvalue weighted by molar-refractivity contribution is 9.10. The normalized spacial score (nSPS) is 18.1. The minimum Gasteiger partial charge on any atom is -0.496 e. The van der Waals surface area contributed by atoms with Gasteiger partial charge in [-0.25, -0.2) is 0 Å². The molecular weight excluding hydrogens is 332 g/mol. The van der Waals surface area contributed by atoms with Crippen LogP contribution in [0.15, 0.2) is 22.7 Å². The van der Waals surface area contributed by atoms with Gasteiger partial charge in [0.15, 0.2) is 0 Å². The lowest BCUT2D eigenvalue weighted by molar-refractivity contribution is -0.130.